The zero-order valence-corrected chi connectivity index (χ0v) is 13.3. The maximum Gasteiger partial charge on any atom is 0.265 e. The lowest BCUT2D eigenvalue weighted by atomic mass is 10.2. The summed E-state index contributed by atoms with van der Waals surface area (Å²) in [6.07, 6.45) is 1.37. The minimum atomic E-state index is -0.237. The molecule has 7 nitrogen and oxygen atoms in total. The van der Waals surface area contributed by atoms with Gasteiger partial charge in [0.1, 0.15) is 22.6 Å². The highest BCUT2D eigenvalue weighted by molar-refractivity contribution is 7.11. The molecule has 8 heteroatoms. The van der Waals surface area contributed by atoms with Crippen molar-refractivity contribution in [2.45, 2.75) is 13.0 Å². The van der Waals surface area contributed by atoms with Gasteiger partial charge in [-0.15, -0.1) is 11.3 Å². The van der Waals surface area contributed by atoms with Gasteiger partial charge < -0.3 is 15.0 Å². The molecule has 1 aliphatic rings. The Balaban J connectivity index is 1.78. The van der Waals surface area contributed by atoms with Crippen molar-refractivity contribution >= 4 is 23.1 Å². The predicted molar refractivity (Wildman–Crippen MR) is 83.0 cm³/mol. The highest BCUT2D eigenvalue weighted by Gasteiger charge is 2.28. The number of nitrogens with one attached hydrogen (secondary N) is 1. The molecular formula is C14H17N5O2S. The molecule has 3 rings (SSSR count). The van der Waals surface area contributed by atoms with Crippen molar-refractivity contribution in [3.05, 3.63) is 34.2 Å². The van der Waals surface area contributed by atoms with Crippen LogP contribution in [0.5, 0.6) is 0 Å². The first-order valence-electron chi connectivity index (χ1n) is 7.00. The van der Waals surface area contributed by atoms with E-state index in [1.165, 1.54) is 11.3 Å². The molecule has 0 bridgehead atoms. The van der Waals surface area contributed by atoms with Crippen LogP contribution in [-0.2, 0) is 4.74 Å². The Morgan fingerprint density at radius 1 is 1.50 bits per heavy atom. The molecule has 1 aliphatic heterocycles. The number of nitrogens with zero attached hydrogens (tertiary/aromatic N) is 4. The zero-order chi connectivity index (χ0) is 15.5. The van der Waals surface area contributed by atoms with E-state index >= 15 is 0 Å². The van der Waals surface area contributed by atoms with Crippen LogP contribution < -0.4 is 5.32 Å². The Labute approximate surface area is 132 Å². The number of rotatable bonds is 3. The van der Waals surface area contributed by atoms with Crippen molar-refractivity contribution in [3.63, 3.8) is 0 Å². The molecule has 0 unspecified atom stereocenters. The SMILES string of the molecule is CNc1cc([C@H]2CN(C(=O)c3cncs3)CCO2)nc(C)n1. The Hall–Kier alpha value is -2.06. The van der Waals surface area contributed by atoms with Gasteiger partial charge in [-0.3, -0.25) is 9.78 Å². The Bertz CT molecular complexity index is 661. The molecule has 1 fully saturated rings. The van der Waals surface area contributed by atoms with E-state index in [2.05, 4.69) is 20.3 Å². The molecule has 0 saturated carbocycles. The van der Waals surface area contributed by atoms with Crippen LogP contribution in [0.2, 0.25) is 0 Å². The van der Waals surface area contributed by atoms with E-state index in [4.69, 9.17) is 4.74 Å². The monoisotopic (exact) mass is 319 g/mol. The molecule has 2 aromatic heterocycles. The van der Waals surface area contributed by atoms with Crippen molar-refractivity contribution < 1.29 is 9.53 Å². The van der Waals surface area contributed by atoms with Gasteiger partial charge in [0.05, 0.1) is 30.6 Å². The van der Waals surface area contributed by atoms with E-state index in [1.54, 1.807) is 16.6 Å². The number of ether oxygens (including phenoxy) is 1. The highest BCUT2D eigenvalue weighted by atomic mass is 32.1. The van der Waals surface area contributed by atoms with Gasteiger partial charge in [0, 0.05) is 19.7 Å². The van der Waals surface area contributed by atoms with E-state index in [-0.39, 0.29) is 12.0 Å². The first-order valence-corrected chi connectivity index (χ1v) is 7.88. The zero-order valence-electron chi connectivity index (χ0n) is 12.4. The fraction of sp³-hybridized carbons (Fsp3) is 0.429. The molecule has 1 N–H and O–H groups in total. The summed E-state index contributed by atoms with van der Waals surface area (Å²) in [4.78, 5) is 27.5. The van der Waals surface area contributed by atoms with Gasteiger partial charge >= 0.3 is 0 Å². The predicted octanol–water partition coefficient (Wildman–Crippen LogP) is 1.50. The van der Waals surface area contributed by atoms with Gasteiger partial charge in [-0.2, -0.15) is 0 Å². The summed E-state index contributed by atoms with van der Waals surface area (Å²) in [5.41, 5.74) is 2.46. The summed E-state index contributed by atoms with van der Waals surface area (Å²) in [5.74, 6) is 1.42. The van der Waals surface area contributed by atoms with Gasteiger partial charge in [0.15, 0.2) is 0 Å². The number of hydrogen-bond donors (Lipinski definition) is 1. The van der Waals surface area contributed by atoms with E-state index in [0.29, 0.717) is 30.4 Å². The lowest BCUT2D eigenvalue weighted by Crippen LogP contribution is -2.42. The average molecular weight is 319 g/mol. The third-order valence-electron chi connectivity index (χ3n) is 3.44. The van der Waals surface area contributed by atoms with Crippen molar-refractivity contribution in [3.8, 4) is 0 Å². The average Bonchev–Trinajstić information content (AvgIpc) is 3.08. The molecule has 3 heterocycles. The fourth-order valence-corrected chi connectivity index (χ4v) is 2.96. The standard InChI is InChI=1S/C14H17N5O2S/c1-9-17-10(5-13(15-2)18-9)11-7-19(3-4-21-11)14(20)12-6-16-8-22-12/h5-6,8,11H,3-4,7H2,1-2H3,(H,15,17,18)/t11-/m1/s1. The largest absolute Gasteiger partial charge is 0.373 e. The molecule has 0 radical (unpaired) electrons. The number of anilines is 1. The number of aromatic nitrogens is 3. The molecule has 2 aromatic rings. The van der Waals surface area contributed by atoms with Crippen LogP contribution in [0.3, 0.4) is 0 Å². The molecule has 1 amide bonds. The van der Waals surface area contributed by atoms with Crippen LogP contribution in [0.15, 0.2) is 17.8 Å². The summed E-state index contributed by atoms with van der Waals surface area (Å²) in [6, 6.07) is 1.86. The van der Waals surface area contributed by atoms with Gasteiger partial charge in [0.2, 0.25) is 0 Å². The summed E-state index contributed by atoms with van der Waals surface area (Å²) in [6.45, 7) is 3.40. The summed E-state index contributed by atoms with van der Waals surface area (Å²) >= 11 is 1.35. The molecule has 0 spiro atoms. The fourth-order valence-electron chi connectivity index (χ4n) is 2.37. The maximum absolute atomic E-state index is 12.4. The van der Waals surface area contributed by atoms with Crippen LogP contribution in [0.4, 0.5) is 5.82 Å². The second-order valence-electron chi connectivity index (χ2n) is 4.95. The molecule has 0 aromatic carbocycles. The van der Waals surface area contributed by atoms with Crippen LogP contribution in [0.25, 0.3) is 0 Å². The summed E-state index contributed by atoms with van der Waals surface area (Å²) < 4.78 is 5.79. The third kappa shape index (κ3) is 3.07. The van der Waals surface area contributed by atoms with Crippen LogP contribution in [0.1, 0.15) is 27.3 Å². The van der Waals surface area contributed by atoms with Crippen LogP contribution in [0, 0.1) is 6.92 Å². The van der Waals surface area contributed by atoms with Crippen LogP contribution in [-0.4, -0.2) is 52.5 Å². The van der Waals surface area contributed by atoms with E-state index < -0.39 is 0 Å². The number of amides is 1. The number of hydrogen-bond acceptors (Lipinski definition) is 7. The number of morpholine rings is 1. The molecule has 1 atom stereocenters. The molecule has 22 heavy (non-hydrogen) atoms. The van der Waals surface area contributed by atoms with Crippen molar-refractivity contribution in [2.24, 2.45) is 0 Å². The van der Waals surface area contributed by atoms with Crippen LogP contribution >= 0.6 is 11.3 Å². The number of carbonyl (C=O) groups is 1. The van der Waals surface area contributed by atoms with Gasteiger partial charge in [-0.05, 0) is 6.92 Å². The summed E-state index contributed by atoms with van der Waals surface area (Å²) in [5, 5.41) is 3.01. The van der Waals surface area contributed by atoms with E-state index in [1.807, 2.05) is 20.0 Å². The molecule has 1 saturated heterocycles. The van der Waals surface area contributed by atoms with Gasteiger partial charge in [-0.1, -0.05) is 0 Å². The third-order valence-corrected chi connectivity index (χ3v) is 4.20. The van der Waals surface area contributed by atoms with E-state index in [0.717, 1.165) is 11.5 Å². The van der Waals surface area contributed by atoms with Crippen molar-refractivity contribution in [1.82, 2.24) is 19.9 Å². The van der Waals surface area contributed by atoms with Crippen molar-refractivity contribution in [1.29, 1.82) is 0 Å². The van der Waals surface area contributed by atoms with Gasteiger partial charge in [0.25, 0.3) is 5.91 Å². The second-order valence-corrected chi connectivity index (χ2v) is 5.84. The normalized spacial score (nSPS) is 18.3. The lowest BCUT2D eigenvalue weighted by Gasteiger charge is -2.32. The van der Waals surface area contributed by atoms with E-state index in [9.17, 15) is 4.79 Å². The first-order chi connectivity index (χ1) is 10.7. The quantitative estimate of drug-likeness (QED) is 0.923. The first kappa shape index (κ1) is 14.9. The molecule has 0 aliphatic carbocycles. The number of aryl methyl sites for hydroxylation is 1. The molecular weight excluding hydrogens is 302 g/mol. The topological polar surface area (TPSA) is 80.2 Å². The minimum absolute atomic E-state index is 0.00424. The smallest absolute Gasteiger partial charge is 0.265 e. The Morgan fingerprint density at radius 2 is 2.36 bits per heavy atom. The Kier molecular flexibility index (Phi) is 4.30. The number of carbonyl (C=O) groups excluding carboxylic acids is 1. The molecule has 116 valence electrons. The van der Waals surface area contributed by atoms with Crippen molar-refractivity contribution in [2.75, 3.05) is 32.1 Å². The number of thiazole rings is 1. The lowest BCUT2D eigenvalue weighted by molar-refractivity contribution is -0.0246. The van der Waals surface area contributed by atoms with Gasteiger partial charge in [-0.25, -0.2) is 9.97 Å². The second kappa shape index (κ2) is 6.37. The Morgan fingerprint density at radius 3 is 3.09 bits per heavy atom. The maximum atomic E-state index is 12.4. The summed E-state index contributed by atoms with van der Waals surface area (Å²) in [7, 11) is 1.81. The highest BCUT2D eigenvalue weighted by Crippen LogP contribution is 2.24. The minimum Gasteiger partial charge on any atom is -0.373 e.